The van der Waals surface area contributed by atoms with E-state index < -0.39 is 0 Å². The predicted molar refractivity (Wildman–Crippen MR) is 93.9 cm³/mol. The minimum atomic E-state index is 0.0928. The maximum Gasteiger partial charge on any atom is 0.234 e. The Labute approximate surface area is 142 Å². The van der Waals surface area contributed by atoms with Crippen LogP contribution in [0.1, 0.15) is 31.4 Å². The van der Waals surface area contributed by atoms with Gasteiger partial charge in [0.2, 0.25) is 5.91 Å². The van der Waals surface area contributed by atoms with Crippen LogP contribution in [-0.4, -0.2) is 55.5 Å². The maximum atomic E-state index is 12.3. The molecule has 1 fully saturated rings. The highest BCUT2D eigenvalue weighted by molar-refractivity contribution is 9.10. The van der Waals surface area contributed by atoms with Gasteiger partial charge in [-0.05, 0) is 50.7 Å². The summed E-state index contributed by atoms with van der Waals surface area (Å²) in [7, 11) is 2.14. The molecule has 2 rings (SSSR count). The molecule has 1 atom stereocenters. The lowest BCUT2D eigenvalue weighted by molar-refractivity contribution is -0.123. The Balaban J connectivity index is 1.87. The zero-order valence-electron chi connectivity index (χ0n) is 13.5. The third-order valence-corrected chi connectivity index (χ3v) is 4.72. The van der Waals surface area contributed by atoms with E-state index in [0.717, 1.165) is 49.1 Å². The number of hydrogen-bond acceptors (Lipinski definition) is 3. The van der Waals surface area contributed by atoms with Crippen molar-refractivity contribution >= 4 is 21.8 Å². The molecule has 1 amide bonds. The molecule has 1 aromatic rings. The second-order valence-electron chi connectivity index (χ2n) is 6.01. The van der Waals surface area contributed by atoms with E-state index in [1.807, 2.05) is 12.1 Å². The summed E-state index contributed by atoms with van der Waals surface area (Å²) in [5.41, 5.74) is 1.16. The molecule has 1 N–H and O–H groups in total. The number of hydrogen-bond donors (Lipinski definition) is 1. The lowest BCUT2D eigenvalue weighted by atomic mass is 10.0. The average molecular weight is 368 g/mol. The Morgan fingerprint density at radius 2 is 1.95 bits per heavy atom. The number of carbonyl (C=O) groups excluding carboxylic acids is 1. The summed E-state index contributed by atoms with van der Waals surface area (Å²) in [5, 5.41) is 3.17. The second kappa shape index (κ2) is 8.65. The lowest BCUT2D eigenvalue weighted by Gasteiger charge is -2.22. The number of benzene rings is 1. The van der Waals surface area contributed by atoms with Gasteiger partial charge in [0.05, 0.1) is 12.6 Å². The van der Waals surface area contributed by atoms with Crippen LogP contribution in [0.5, 0.6) is 0 Å². The van der Waals surface area contributed by atoms with E-state index in [1.54, 1.807) is 0 Å². The van der Waals surface area contributed by atoms with Crippen LogP contribution in [0.25, 0.3) is 0 Å². The number of amides is 1. The summed E-state index contributed by atoms with van der Waals surface area (Å²) in [6.07, 6.45) is 2.03. The van der Waals surface area contributed by atoms with Gasteiger partial charge in [-0.1, -0.05) is 35.0 Å². The molecule has 1 aliphatic heterocycles. The largest absolute Gasteiger partial charge is 0.348 e. The molecule has 1 saturated heterocycles. The summed E-state index contributed by atoms with van der Waals surface area (Å²) in [4.78, 5) is 16.9. The Morgan fingerprint density at radius 1 is 1.23 bits per heavy atom. The van der Waals surface area contributed by atoms with E-state index in [-0.39, 0.29) is 11.9 Å². The molecule has 0 aliphatic carbocycles. The zero-order chi connectivity index (χ0) is 15.9. The lowest BCUT2D eigenvalue weighted by Crippen LogP contribution is -2.40. The smallest absolute Gasteiger partial charge is 0.234 e. The zero-order valence-corrected chi connectivity index (χ0v) is 15.1. The van der Waals surface area contributed by atoms with Crippen molar-refractivity contribution in [1.29, 1.82) is 0 Å². The number of nitrogens with one attached hydrogen (secondary N) is 1. The first-order chi connectivity index (χ1) is 10.6. The first-order valence-corrected chi connectivity index (χ1v) is 8.83. The summed E-state index contributed by atoms with van der Waals surface area (Å²) in [6.45, 7) is 6.74. The predicted octanol–water partition coefficient (Wildman–Crippen LogP) is 2.65. The summed E-state index contributed by atoms with van der Waals surface area (Å²) < 4.78 is 1.06. The highest BCUT2D eigenvalue weighted by atomic mass is 79.9. The topological polar surface area (TPSA) is 35.6 Å². The Bertz CT molecular complexity index is 477. The molecule has 5 heteroatoms. The van der Waals surface area contributed by atoms with Gasteiger partial charge in [-0.25, -0.2) is 0 Å². The standard InChI is InChI=1S/C17H26BrN3O/c1-3-16(14-5-7-15(18)8-6-14)19-17(22)13-21-10-4-9-20(2)11-12-21/h5-8,16H,3-4,9-13H2,1-2H3,(H,19,22)/t16-/m0/s1. The highest BCUT2D eigenvalue weighted by Gasteiger charge is 2.17. The van der Waals surface area contributed by atoms with Crippen molar-refractivity contribution in [2.75, 3.05) is 39.8 Å². The number of carbonyl (C=O) groups is 1. The molecule has 1 aromatic carbocycles. The van der Waals surface area contributed by atoms with Crippen molar-refractivity contribution in [3.8, 4) is 0 Å². The average Bonchev–Trinajstić information content (AvgIpc) is 2.70. The maximum absolute atomic E-state index is 12.3. The van der Waals surface area contributed by atoms with E-state index in [9.17, 15) is 4.79 Å². The summed E-state index contributed by atoms with van der Waals surface area (Å²) in [6, 6.07) is 8.28. The van der Waals surface area contributed by atoms with Crippen LogP contribution in [0.4, 0.5) is 0 Å². The van der Waals surface area contributed by atoms with Crippen molar-refractivity contribution in [1.82, 2.24) is 15.1 Å². The van der Waals surface area contributed by atoms with E-state index in [2.05, 4.69) is 57.2 Å². The number of halogens is 1. The first kappa shape index (κ1) is 17.4. The Kier molecular flexibility index (Phi) is 6.86. The van der Waals surface area contributed by atoms with Gasteiger partial charge >= 0.3 is 0 Å². The number of nitrogens with zero attached hydrogens (tertiary/aromatic N) is 2. The molecule has 0 spiro atoms. The third-order valence-electron chi connectivity index (χ3n) is 4.20. The molecule has 0 unspecified atom stereocenters. The van der Waals surface area contributed by atoms with Crippen molar-refractivity contribution < 1.29 is 4.79 Å². The van der Waals surface area contributed by atoms with Gasteiger partial charge in [0, 0.05) is 17.6 Å². The van der Waals surface area contributed by atoms with Gasteiger partial charge in [0.25, 0.3) is 0 Å². The van der Waals surface area contributed by atoms with Crippen LogP contribution in [0.3, 0.4) is 0 Å². The van der Waals surface area contributed by atoms with E-state index >= 15 is 0 Å². The van der Waals surface area contributed by atoms with E-state index in [4.69, 9.17) is 0 Å². The van der Waals surface area contributed by atoms with Gasteiger partial charge in [-0.3, -0.25) is 9.69 Å². The monoisotopic (exact) mass is 367 g/mol. The minimum Gasteiger partial charge on any atom is -0.348 e. The third kappa shape index (κ3) is 5.38. The number of rotatable bonds is 5. The Hall–Kier alpha value is -0.910. The molecule has 0 aromatic heterocycles. The van der Waals surface area contributed by atoms with Crippen molar-refractivity contribution in [2.45, 2.75) is 25.8 Å². The van der Waals surface area contributed by atoms with Crippen LogP contribution in [0, 0.1) is 0 Å². The Morgan fingerprint density at radius 3 is 2.64 bits per heavy atom. The molecule has 1 heterocycles. The molecular formula is C17H26BrN3O. The molecular weight excluding hydrogens is 342 g/mol. The molecule has 22 heavy (non-hydrogen) atoms. The fourth-order valence-corrected chi connectivity index (χ4v) is 3.08. The minimum absolute atomic E-state index is 0.0928. The molecule has 4 nitrogen and oxygen atoms in total. The van der Waals surface area contributed by atoms with Gasteiger partial charge in [0.1, 0.15) is 0 Å². The highest BCUT2D eigenvalue weighted by Crippen LogP contribution is 2.19. The molecule has 122 valence electrons. The fraction of sp³-hybridized carbons (Fsp3) is 0.588. The SMILES string of the molecule is CC[C@H](NC(=O)CN1CCCN(C)CC1)c1ccc(Br)cc1. The van der Waals surface area contributed by atoms with Crippen LogP contribution in [0.2, 0.25) is 0 Å². The van der Waals surface area contributed by atoms with E-state index in [1.165, 1.54) is 0 Å². The van der Waals surface area contributed by atoms with Crippen LogP contribution in [0.15, 0.2) is 28.7 Å². The van der Waals surface area contributed by atoms with E-state index in [0.29, 0.717) is 6.54 Å². The van der Waals surface area contributed by atoms with Crippen LogP contribution < -0.4 is 5.32 Å². The molecule has 0 saturated carbocycles. The molecule has 0 bridgehead atoms. The van der Waals surface area contributed by atoms with Crippen molar-refractivity contribution in [3.63, 3.8) is 0 Å². The van der Waals surface area contributed by atoms with Crippen LogP contribution in [-0.2, 0) is 4.79 Å². The normalized spacial score (nSPS) is 18.7. The van der Waals surface area contributed by atoms with Gasteiger partial charge in [0.15, 0.2) is 0 Å². The quantitative estimate of drug-likeness (QED) is 0.868. The first-order valence-electron chi connectivity index (χ1n) is 8.04. The second-order valence-corrected chi connectivity index (χ2v) is 6.93. The number of likely N-dealkylation sites (N-methyl/N-ethyl adjacent to an activating group) is 1. The van der Waals surface area contributed by atoms with Crippen molar-refractivity contribution in [3.05, 3.63) is 34.3 Å². The summed E-state index contributed by atoms with van der Waals surface area (Å²) >= 11 is 3.45. The molecule has 1 aliphatic rings. The fourth-order valence-electron chi connectivity index (χ4n) is 2.82. The van der Waals surface area contributed by atoms with Gasteiger partial charge in [-0.15, -0.1) is 0 Å². The van der Waals surface area contributed by atoms with Crippen LogP contribution >= 0.6 is 15.9 Å². The molecule has 0 radical (unpaired) electrons. The summed E-state index contributed by atoms with van der Waals surface area (Å²) in [5.74, 6) is 0.124. The van der Waals surface area contributed by atoms with Gasteiger partial charge < -0.3 is 10.2 Å². The van der Waals surface area contributed by atoms with Gasteiger partial charge in [-0.2, -0.15) is 0 Å². The van der Waals surface area contributed by atoms with Crippen molar-refractivity contribution in [2.24, 2.45) is 0 Å².